The van der Waals surface area contributed by atoms with Crippen LogP contribution in [0.1, 0.15) is 26.2 Å². The maximum Gasteiger partial charge on any atom is 0.240 e. The fourth-order valence-corrected chi connectivity index (χ4v) is 5.21. The first kappa shape index (κ1) is 27.4. The zero-order valence-electron chi connectivity index (χ0n) is 17.9. The van der Waals surface area contributed by atoms with Crippen LogP contribution < -0.4 is 10.6 Å². The molecule has 2 unspecified atom stereocenters. The first-order chi connectivity index (χ1) is 14.8. The van der Waals surface area contributed by atoms with Crippen LogP contribution in [0.3, 0.4) is 0 Å². The largest absolute Gasteiger partial charge is 0.388 e. The highest BCUT2D eigenvalue weighted by atomic mass is 35.5. The normalized spacial score (nSPS) is 40.0. The van der Waals surface area contributed by atoms with Crippen LogP contribution in [0, 0.1) is 5.92 Å². The fourth-order valence-electron chi connectivity index (χ4n) is 4.33. The molecule has 3 rings (SSSR count). The van der Waals surface area contributed by atoms with Gasteiger partial charge in [0.25, 0.3) is 0 Å². The number of hydrogen-bond acceptors (Lipinski definition) is 9. The van der Waals surface area contributed by atoms with Crippen molar-refractivity contribution in [3.63, 3.8) is 0 Å². The van der Waals surface area contributed by atoms with E-state index in [0.29, 0.717) is 12.5 Å². The molecule has 0 aliphatic carbocycles. The molecule has 3 aliphatic heterocycles. The minimum absolute atomic E-state index is 0.183. The van der Waals surface area contributed by atoms with Gasteiger partial charge in [-0.2, -0.15) is 3.89 Å². The number of thioether (sulfide) groups is 1. The minimum Gasteiger partial charge on any atom is -0.388 e. The molecule has 3 fully saturated rings. The smallest absolute Gasteiger partial charge is 0.240 e. The number of hydrogen-bond donors (Lipinski definition) is 5. The van der Waals surface area contributed by atoms with E-state index in [-0.39, 0.29) is 24.2 Å². The minimum atomic E-state index is -1.38. The molecule has 0 aromatic carbocycles. The molecule has 0 spiro atoms. The summed E-state index contributed by atoms with van der Waals surface area (Å²) < 4.78 is 21.9. The number of aliphatic hydroxyl groups is 3. The standard InChI is InChI=1S/C18H31ClN2O6S.CH3FS/c1-8(19)10(16-13(23)12(22)14(24)18(27-16)28-2)21-17(25)11-15-9(7-20-11)5-3-4-6-26-15;1-3-2/h8-16,18,20,22-24H,3-7H2,1-2H3,(H,21,25);1H3/t8-,9-,10+,11-,12+,13?,14+,15+,16+,18?;/m0./s1. The molecule has 12 heteroatoms. The van der Waals surface area contributed by atoms with Crippen molar-refractivity contribution in [2.75, 3.05) is 25.7 Å². The Balaban J connectivity index is 0.00000107. The first-order valence-electron chi connectivity index (χ1n) is 10.4. The van der Waals surface area contributed by atoms with Gasteiger partial charge in [0.1, 0.15) is 35.9 Å². The molecule has 0 saturated carbocycles. The van der Waals surface area contributed by atoms with Crippen LogP contribution in [0.5, 0.6) is 0 Å². The lowest BCUT2D eigenvalue weighted by Crippen LogP contribution is -2.65. The summed E-state index contributed by atoms with van der Waals surface area (Å²) in [6, 6.07) is -1.23. The second-order valence-corrected chi connectivity index (χ2v) is 9.95. The summed E-state index contributed by atoms with van der Waals surface area (Å²) in [6.07, 6.45) is 1.13. The van der Waals surface area contributed by atoms with Crippen LogP contribution in [0.15, 0.2) is 0 Å². The molecular weight excluding hydrogens is 471 g/mol. The third-order valence-electron chi connectivity index (χ3n) is 5.95. The van der Waals surface area contributed by atoms with Crippen LogP contribution in [0.2, 0.25) is 0 Å². The van der Waals surface area contributed by atoms with Crippen molar-refractivity contribution in [2.45, 2.75) is 79.6 Å². The summed E-state index contributed by atoms with van der Waals surface area (Å²) in [5.41, 5.74) is -0.725. The van der Waals surface area contributed by atoms with E-state index in [0.717, 1.165) is 25.8 Å². The van der Waals surface area contributed by atoms with Crippen molar-refractivity contribution < 1.29 is 33.5 Å². The first-order valence-corrected chi connectivity index (χ1v) is 13.3. The van der Waals surface area contributed by atoms with Crippen molar-refractivity contribution in [1.82, 2.24) is 10.6 Å². The monoisotopic (exact) mass is 504 g/mol. The highest BCUT2D eigenvalue weighted by Crippen LogP contribution is 2.31. The van der Waals surface area contributed by atoms with E-state index < -0.39 is 47.3 Å². The summed E-state index contributed by atoms with van der Waals surface area (Å²) >= 11 is 7.80. The van der Waals surface area contributed by atoms with Crippen LogP contribution >= 0.6 is 35.5 Å². The summed E-state index contributed by atoms with van der Waals surface area (Å²) in [4.78, 5) is 13.0. The Morgan fingerprint density at radius 1 is 1.23 bits per heavy atom. The predicted molar refractivity (Wildman–Crippen MR) is 121 cm³/mol. The maximum atomic E-state index is 13.0. The van der Waals surface area contributed by atoms with Crippen LogP contribution in [0.25, 0.3) is 0 Å². The third kappa shape index (κ3) is 6.83. The van der Waals surface area contributed by atoms with E-state index >= 15 is 0 Å². The second kappa shape index (κ2) is 13.1. The Morgan fingerprint density at radius 3 is 2.52 bits per heavy atom. The summed E-state index contributed by atoms with van der Waals surface area (Å²) in [5.74, 6) is 0.0449. The Bertz CT molecular complexity index is 567. The molecule has 0 radical (unpaired) electrons. The molecule has 3 saturated heterocycles. The molecular formula is C19H34ClFN2O6S2. The van der Waals surface area contributed by atoms with Gasteiger partial charge in [0.2, 0.25) is 5.91 Å². The Hall–Kier alpha value is 0.150. The number of alkyl halides is 1. The van der Waals surface area contributed by atoms with Crippen molar-refractivity contribution >= 4 is 41.4 Å². The van der Waals surface area contributed by atoms with Crippen molar-refractivity contribution in [3.8, 4) is 0 Å². The van der Waals surface area contributed by atoms with Gasteiger partial charge in [0.15, 0.2) is 0 Å². The van der Waals surface area contributed by atoms with Gasteiger partial charge < -0.3 is 35.4 Å². The third-order valence-corrected chi connectivity index (χ3v) is 7.08. The molecule has 8 nitrogen and oxygen atoms in total. The van der Waals surface area contributed by atoms with Crippen LogP contribution in [-0.2, 0) is 14.3 Å². The van der Waals surface area contributed by atoms with Gasteiger partial charge in [0.05, 0.1) is 17.5 Å². The average molecular weight is 505 g/mol. The molecule has 3 aliphatic rings. The van der Waals surface area contributed by atoms with E-state index in [9.17, 15) is 24.0 Å². The van der Waals surface area contributed by atoms with Gasteiger partial charge in [-0.1, -0.05) is 6.42 Å². The van der Waals surface area contributed by atoms with Crippen molar-refractivity contribution in [2.24, 2.45) is 5.92 Å². The van der Waals surface area contributed by atoms with Crippen molar-refractivity contribution in [3.05, 3.63) is 0 Å². The Labute approximate surface area is 196 Å². The van der Waals surface area contributed by atoms with Gasteiger partial charge in [-0.15, -0.1) is 23.4 Å². The Kier molecular flexibility index (Phi) is 11.6. The fraction of sp³-hybridized carbons (Fsp3) is 0.947. The molecule has 5 N–H and O–H groups in total. The van der Waals surface area contributed by atoms with Gasteiger partial charge >= 0.3 is 0 Å². The second-order valence-electron chi connectivity index (χ2n) is 8.02. The van der Waals surface area contributed by atoms with E-state index in [1.54, 1.807) is 13.2 Å². The number of carbonyl (C=O) groups is 1. The molecule has 10 atom stereocenters. The number of nitrogens with one attached hydrogen (secondary N) is 2. The van der Waals surface area contributed by atoms with Gasteiger partial charge in [-0.05, 0) is 31.9 Å². The Morgan fingerprint density at radius 2 is 1.90 bits per heavy atom. The zero-order chi connectivity index (χ0) is 23.1. The van der Waals surface area contributed by atoms with Crippen LogP contribution in [0.4, 0.5) is 3.89 Å². The molecule has 3 heterocycles. The van der Waals surface area contributed by atoms with Gasteiger partial charge in [-0.3, -0.25) is 4.79 Å². The molecule has 0 bridgehead atoms. The van der Waals surface area contributed by atoms with E-state index in [1.807, 2.05) is 0 Å². The summed E-state index contributed by atoms with van der Waals surface area (Å²) in [6.45, 7) is 3.07. The quantitative estimate of drug-likeness (QED) is 0.344. The molecule has 0 aromatic heterocycles. The maximum absolute atomic E-state index is 13.0. The number of halogens is 2. The molecule has 0 aromatic rings. The lowest BCUT2D eigenvalue weighted by molar-refractivity contribution is -0.205. The number of carbonyl (C=O) groups excluding carboxylic acids is 1. The number of fused-ring (bicyclic) bond motifs is 1. The highest BCUT2D eigenvalue weighted by molar-refractivity contribution is 7.99. The zero-order valence-corrected chi connectivity index (χ0v) is 20.3. The SMILES string of the molecule is CSC1O[C@H]([C@H](NC(=O)[C@H]2NC[C@@H]3CCCCO[C@H]32)[C@H](C)Cl)C(O)[C@@H](O)[C@H]1O.CSF. The molecule has 182 valence electrons. The number of amides is 1. The van der Waals surface area contributed by atoms with E-state index in [1.165, 1.54) is 18.0 Å². The number of rotatable bonds is 5. The lowest BCUT2D eigenvalue weighted by Gasteiger charge is -2.44. The van der Waals surface area contributed by atoms with E-state index in [2.05, 4.69) is 10.6 Å². The number of ether oxygens (including phenoxy) is 2. The lowest BCUT2D eigenvalue weighted by atomic mass is 9.92. The molecule has 31 heavy (non-hydrogen) atoms. The van der Waals surface area contributed by atoms with Crippen molar-refractivity contribution in [1.29, 1.82) is 0 Å². The van der Waals surface area contributed by atoms with E-state index in [4.69, 9.17) is 21.1 Å². The average Bonchev–Trinajstić information content (AvgIpc) is 3.00. The molecule has 1 amide bonds. The van der Waals surface area contributed by atoms with Gasteiger partial charge in [-0.25, -0.2) is 0 Å². The summed E-state index contributed by atoms with van der Waals surface area (Å²) in [7, 11) is 0. The van der Waals surface area contributed by atoms with Gasteiger partial charge in [0, 0.05) is 31.6 Å². The topological polar surface area (TPSA) is 120 Å². The number of aliphatic hydroxyl groups excluding tert-OH is 3. The summed E-state index contributed by atoms with van der Waals surface area (Å²) in [5, 5.41) is 36.3. The predicted octanol–water partition coefficient (Wildman–Crippen LogP) is 0.660. The van der Waals surface area contributed by atoms with Crippen LogP contribution in [-0.4, -0.2) is 100 Å². The highest BCUT2D eigenvalue weighted by Gasteiger charge is 2.49.